The van der Waals surface area contributed by atoms with E-state index in [2.05, 4.69) is 10.2 Å². The Kier molecular flexibility index (Phi) is 3.79. The van der Waals surface area contributed by atoms with E-state index in [-0.39, 0.29) is 11.8 Å². The standard InChI is InChI=1S/C9H12F2N2O/c1-6(13-12)7-4-2-3-5-8(7)14-9(10)11/h2-6,9,13H,12H2,1H3. The Balaban J connectivity index is 2.91. The lowest BCUT2D eigenvalue weighted by molar-refractivity contribution is -0.0506. The number of hydrogen-bond donors (Lipinski definition) is 2. The third kappa shape index (κ3) is 2.65. The van der Waals surface area contributed by atoms with Crippen LogP contribution in [0.15, 0.2) is 24.3 Å². The summed E-state index contributed by atoms with van der Waals surface area (Å²) in [5.74, 6) is 5.36. The highest BCUT2D eigenvalue weighted by Crippen LogP contribution is 2.25. The second-order valence-corrected chi connectivity index (χ2v) is 2.80. The van der Waals surface area contributed by atoms with Crippen molar-refractivity contribution in [1.29, 1.82) is 0 Å². The van der Waals surface area contributed by atoms with Gasteiger partial charge in [0.1, 0.15) is 5.75 Å². The first-order valence-electron chi connectivity index (χ1n) is 4.15. The molecule has 14 heavy (non-hydrogen) atoms. The number of benzene rings is 1. The van der Waals surface area contributed by atoms with Gasteiger partial charge in [0.2, 0.25) is 0 Å². The van der Waals surface area contributed by atoms with Gasteiger partial charge < -0.3 is 4.74 Å². The fraction of sp³-hybridized carbons (Fsp3) is 0.333. The van der Waals surface area contributed by atoms with Crippen LogP contribution < -0.4 is 16.0 Å². The second kappa shape index (κ2) is 4.88. The summed E-state index contributed by atoms with van der Waals surface area (Å²) in [4.78, 5) is 0. The molecule has 1 rings (SSSR count). The molecule has 0 aliphatic carbocycles. The van der Waals surface area contributed by atoms with E-state index in [9.17, 15) is 8.78 Å². The molecule has 0 saturated heterocycles. The molecule has 0 heterocycles. The van der Waals surface area contributed by atoms with Crippen LogP contribution in [0.3, 0.4) is 0 Å². The zero-order valence-corrected chi connectivity index (χ0v) is 7.71. The SMILES string of the molecule is CC(NN)c1ccccc1OC(F)F. The number of nitrogens with one attached hydrogen (secondary N) is 1. The lowest BCUT2D eigenvalue weighted by Crippen LogP contribution is -2.26. The lowest BCUT2D eigenvalue weighted by atomic mass is 10.1. The highest BCUT2D eigenvalue weighted by Gasteiger charge is 2.12. The molecule has 0 aliphatic rings. The minimum atomic E-state index is -2.82. The summed E-state index contributed by atoms with van der Waals surface area (Å²) in [5.41, 5.74) is 3.08. The lowest BCUT2D eigenvalue weighted by Gasteiger charge is -2.15. The number of rotatable bonds is 4. The van der Waals surface area contributed by atoms with Crippen LogP contribution in [0.2, 0.25) is 0 Å². The van der Waals surface area contributed by atoms with E-state index in [0.717, 1.165) is 0 Å². The Hall–Kier alpha value is -1.20. The second-order valence-electron chi connectivity index (χ2n) is 2.80. The average Bonchev–Trinajstić information content (AvgIpc) is 2.16. The Morgan fingerprint density at radius 1 is 1.36 bits per heavy atom. The summed E-state index contributed by atoms with van der Waals surface area (Å²) in [6.07, 6.45) is 0. The third-order valence-corrected chi connectivity index (χ3v) is 1.85. The summed E-state index contributed by atoms with van der Waals surface area (Å²) in [5, 5.41) is 0. The number of ether oxygens (including phenoxy) is 1. The number of alkyl halides is 2. The fourth-order valence-electron chi connectivity index (χ4n) is 1.13. The van der Waals surface area contributed by atoms with Crippen molar-refractivity contribution in [3.63, 3.8) is 0 Å². The molecule has 0 bridgehead atoms. The molecule has 0 amide bonds. The zero-order valence-electron chi connectivity index (χ0n) is 7.71. The summed E-state index contributed by atoms with van der Waals surface area (Å²) in [7, 11) is 0. The smallest absolute Gasteiger partial charge is 0.387 e. The van der Waals surface area contributed by atoms with Crippen molar-refractivity contribution >= 4 is 0 Å². The summed E-state index contributed by atoms with van der Waals surface area (Å²) in [6.45, 7) is -1.06. The van der Waals surface area contributed by atoms with Gasteiger partial charge in [-0.2, -0.15) is 8.78 Å². The van der Waals surface area contributed by atoms with Crippen molar-refractivity contribution < 1.29 is 13.5 Å². The molecular weight excluding hydrogens is 190 g/mol. The normalized spacial score (nSPS) is 12.9. The van der Waals surface area contributed by atoms with Crippen LogP contribution >= 0.6 is 0 Å². The first-order valence-corrected chi connectivity index (χ1v) is 4.15. The number of hydrazine groups is 1. The van der Waals surface area contributed by atoms with E-state index in [1.165, 1.54) is 6.07 Å². The molecular formula is C9H12F2N2O. The zero-order chi connectivity index (χ0) is 10.6. The van der Waals surface area contributed by atoms with Gasteiger partial charge in [0.15, 0.2) is 0 Å². The van der Waals surface area contributed by atoms with Gasteiger partial charge in [-0.3, -0.25) is 11.3 Å². The Labute approximate surface area is 80.8 Å². The van der Waals surface area contributed by atoms with Gasteiger partial charge in [-0.25, -0.2) is 0 Å². The maximum atomic E-state index is 12.0. The van der Waals surface area contributed by atoms with E-state index in [0.29, 0.717) is 5.56 Å². The van der Waals surface area contributed by atoms with Gasteiger partial charge in [-0.05, 0) is 13.0 Å². The molecule has 78 valence electrons. The summed E-state index contributed by atoms with van der Waals surface area (Å²) in [6, 6.07) is 6.30. The Morgan fingerprint density at radius 2 is 2.00 bits per heavy atom. The van der Waals surface area contributed by atoms with Crippen molar-refractivity contribution in [2.75, 3.05) is 0 Å². The molecule has 1 unspecified atom stereocenters. The van der Waals surface area contributed by atoms with Crippen molar-refractivity contribution in [1.82, 2.24) is 5.43 Å². The van der Waals surface area contributed by atoms with E-state index in [1.54, 1.807) is 25.1 Å². The topological polar surface area (TPSA) is 47.3 Å². The molecule has 1 aromatic rings. The van der Waals surface area contributed by atoms with Crippen LogP contribution in [0.25, 0.3) is 0 Å². The molecule has 1 atom stereocenters. The van der Waals surface area contributed by atoms with Gasteiger partial charge in [0.05, 0.1) is 0 Å². The van der Waals surface area contributed by atoms with E-state index >= 15 is 0 Å². The average molecular weight is 202 g/mol. The van der Waals surface area contributed by atoms with E-state index in [1.807, 2.05) is 0 Å². The van der Waals surface area contributed by atoms with Gasteiger partial charge >= 0.3 is 6.61 Å². The molecule has 3 N–H and O–H groups in total. The van der Waals surface area contributed by atoms with Gasteiger partial charge in [0.25, 0.3) is 0 Å². The molecule has 0 saturated carbocycles. The number of hydrogen-bond acceptors (Lipinski definition) is 3. The predicted octanol–water partition coefficient (Wildman–Crippen LogP) is 1.81. The number of para-hydroxylation sites is 1. The van der Waals surface area contributed by atoms with Gasteiger partial charge in [-0.1, -0.05) is 18.2 Å². The predicted molar refractivity (Wildman–Crippen MR) is 48.8 cm³/mol. The Bertz CT molecular complexity index is 294. The van der Waals surface area contributed by atoms with Crippen molar-refractivity contribution in [3.8, 4) is 5.75 Å². The molecule has 5 heteroatoms. The minimum absolute atomic E-state index is 0.146. The molecule has 1 aromatic carbocycles. The Morgan fingerprint density at radius 3 is 2.57 bits per heavy atom. The van der Waals surface area contributed by atoms with Crippen LogP contribution in [0.5, 0.6) is 5.75 Å². The van der Waals surface area contributed by atoms with Crippen LogP contribution in [-0.2, 0) is 0 Å². The van der Waals surface area contributed by atoms with Crippen LogP contribution in [0, 0.1) is 0 Å². The van der Waals surface area contributed by atoms with Crippen molar-refractivity contribution in [3.05, 3.63) is 29.8 Å². The minimum Gasteiger partial charge on any atom is -0.434 e. The largest absolute Gasteiger partial charge is 0.434 e. The van der Waals surface area contributed by atoms with Crippen LogP contribution in [0.4, 0.5) is 8.78 Å². The first kappa shape index (κ1) is 10.9. The highest BCUT2D eigenvalue weighted by atomic mass is 19.3. The summed E-state index contributed by atoms with van der Waals surface area (Å²) >= 11 is 0. The van der Waals surface area contributed by atoms with Gasteiger partial charge in [0, 0.05) is 11.6 Å². The maximum Gasteiger partial charge on any atom is 0.387 e. The number of halogens is 2. The van der Waals surface area contributed by atoms with E-state index in [4.69, 9.17) is 5.84 Å². The molecule has 0 spiro atoms. The highest BCUT2D eigenvalue weighted by molar-refractivity contribution is 5.35. The van der Waals surface area contributed by atoms with E-state index < -0.39 is 6.61 Å². The van der Waals surface area contributed by atoms with Crippen LogP contribution in [0.1, 0.15) is 18.5 Å². The number of nitrogens with two attached hydrogens (primary N) is 1. The van der Waals surface area contributed by atoms with Gasteiger partial charge in [-0.15, -0.1) is 0 Å². The maximum absolute atomic E-state index is 12.0. The van der Waals surface area contributed by atoms with Crippen molar-refractivity contribution in [2.24, 2.45) is 5.84 Å². The quantitative estimate of drug-likeness (QED) is 0.578. The molecule has 0 aliphatic heterocycles. The monoisotopic (exact) mass is 202 g/mol. The fourth-order valence-corrected chi connectivity index (χ4v) is 1.13. The van der Waals surface area contributed by atoms with Crippen molar-refractivity contribution in [2.45, 2.75) is 19.6 Å². The molecule has 0 fully saturated rings. The molecule has 0 radical (unpaired) electrons. The summed E-state index contributed by atoms with van der Waals surface area (Å²) < 4.78 is 28.3. The first-order chi connectivity index (χ1) is 6.65. The third-order valence-electron chi connectivity index (χ3n) is 1.85. The molecule has 0 aromatic heterocycles. The van der Waals surface area contributed by atoms with Crippen LogP contribution in [-0.4, -0.2) is 6.61 Å². The molecule has 3 nitrogen and oxygen atoms in total.